The Kier molecular flexibility index (Phi) is 8.82. The Labute approximate surface area is 110 Å². The lowest BCUT2D eigenvalue weighted by Crippen LogP contribution is -1.70. The molecule has 0 fully saturated rings. The average molecular weight is 211 g/mol. The lowest BCUT2D eigenvalue weighted by Gasteiger charge is -1.88. The predicted octanol–water partition coefficient (Wildman–Crippen LogP) is 3.81. The van der Waals surface area contributed by atoms with E-state index in [4.69, 9.17) is 0 Å². The van der Waals surface area contributed by atoms with Crippen LogP contribution in [0.1, 0.15) is 26.7 Å². The van der Waals surface area contributed by atoms with Crippen LogP contribution >= 0.6 is 0 Å². The van der Waals surface area contributed by atoms with Gasteiger partial charge < -0.3 is 0 Å². The molecule has 0 unspecified atom stereocenters. The van der Waals surface area contributed by atoms with E-state index in [1.165, 1.54) is 11.1 Å². The van der Waals surface area contributed by atoms with Crippen molar-refractivity contribution in [3.63, 3.8) is 0 Å². The predicted molar refractivity (Wildman–Crippen MR) is 69.4 cm³/mol. The van der Waals surface area contributed by atoms with Crippen LogP contribution in [0.3, 0.4) is 0 Å². The summed E-state index contributed by atoms with van der Waals surface area (Å²) in [4.78, 5) is 0. The molecular weight excluding hydrogens is 192 g/mol. The van der Waals surface area contributed by atoms with Crippen LogP contribution in [0.2, 0.25) is 0 Å². The minimum Gasteiger partial charge on any atom is -0.0764 e. The summed E-state index contributed by atoms with van der Waals surface area (Å²) in [6.45, 7) is 4.32. The van der Waals surface area contributed by atoms with Crippen molar-refractivity contribution >= 4 is 23.1 Å². The van der Waals surface area contributed by atoms with E-state index in [0.29, 0.717) is 0 Å². The van der Waals surface area contributed by atoms with Gasteiger partial charge in [0, 0.05) is 35.9 Å². The Balaban J connectivity index is 0.000000245. The highest BCUT2D eigenvalue weighted by Gasteiger charge is 1.93. The first-order valence-electron chi connectivity index (χ1n) is 5.28. The fourth-order valence-corrected chi connectivity index (χ4v) is 1.30. The second-order valence-corrected chi connectivity index (χ2v) is 3.29. The standard InChI is InChI=1S/2C7H9.Mg/c2*1-2-7-5-3-4-6-7;/h2*3-6H,2H2,1H3;. The van der Waals surface area contributed by atoms with Gasteiger partial charge in [0.2, 0.25) is 0 Å². The van der Waals surface area contributed by atoms with E-state index in [1.54, 1.807) is 0 Å². The molecule has 0 bridgehead atoms. The number of hydrogen-bond acceptors (Lipinski definition) is 0. The van der Waals surface area contributed by atoms with Gasteiger partial charge in [-0.15, -0.1) is 0 Å². The van der Waals surface area contributed by atoms with Crippen LogP contribution in [-0.4, -0.2) is 23.1 Å². The fraction of sp³-hybridized carbons (Fsp3) is 0.286. The highest BCUT2D eigenvalue weighted by atomic mass is 24.3. The van der Waals surface area contributed by atoms with Gasteiger partial charge in [-0.25, -0.2) is 0 Å². The van der Waals surface area contributed by atoms with Gasteiger partial charge in [-0.3, -0.25) is 0 Å². The zero-order valence-corrected chi connectivity index (χ0v) is 11.2. The minimum absolute atomic E-state index is 0. The van der Waals surface area contributed by atoms with Crippen LogP contribution < -0.4 is 0 Å². The first-order valence-corrected chi connectivity index (χ1v) is 5.28. The molecule has 0 spiro atoms. The van der Waals surface area contributed by atoms with Gasteiger partial charge in [0.25, 0.3) is 0 Å². The Morgan fingerprint density at radius 2 is 1.13 bits per heavy atom. The van der Waals surface area contributed by atoms with Crippen molar-refractivity contribution in [2.45, 2.75) is 26.7 Å². The molecule has 0 nitrogen and oxygen atoms in total. The average Bonchev–Trinajstić information content (AvgIpc) is 2.92. The minimum atomic E-state index is 0. The molecule has 0 aliphatic heterocycles. The van der Waals surface area contributed by atoms with Crippen molar-refractivity contribution in [1.29, 1.82) is 0 Å². The molecule has 2 aliphatic carbocycles. The molecule has 76 valence electrons. The number of hydrogen-bond donors (Lipinski definition) is 0. The quantitative estimate of drug-likeness (QED) is 0.608. The molecule has 2 rings (SSSR count). The molecule has 0 aromatic heterocycles. The summed E-state index contributed by atoms with van der Waals surface area (Å²) in [5, 5.41) is 0. The van der Waals surface area contributed by atoms with Crippen LogP contribution in [0.5, 0.6) is 0 Å². The normalized spacial score (nSPS) is 16.4. The molecule has 0 amide bonds. The fourth-order valence-electron chi connectivity index (χ4n) is 1.30. The molecule has 0 N–H and O–H groups in total. The van der Waals surface area contributed by atoms with Gasteiger partial charge in [-0.05, 0) is 12.8 Å². The largest absolute Gasteiger partial charge is 0.0764 e. The number of rotatable bonds is 2. The third-order valence-electron chi connectivity index (χ3n) is 2.28. The molecule has 0 aromatic rings. The van der Waals surface area contributed by atoms with Crippen LogP contribution in [0.25, 0.3) is 0 Å². The smallest absolute Gasteiger partial charge is 0.00833 e. The summed E-state index contributed by atoms with van der Waals surface area (Å²) in [6.07, 6.45) is 19.1. The van der Waals surface area contributed by atoms with E-state index >= 15 is 0 Å². The van der Waals surface area contributed by atoms with E-state index in [-0.39, 0.29) is 23.1 Å². The molecule has 0 saturated carbocycles. The van der Waals surface area contributed by atoms with Gasteiger partial charge in [0.15, 0.2) is 0 Å². The lowest BCUT2D eigenvalue weighted by atomic mass is 10.2. The second kappa shape index (κ2) is 8.99. The SMILES string of the molecule is CCC1=CC=C[CH]1.CCC1=CC=C[CH]1.[Mg]. The summed E-state index contributed by atoms with van der Waals surface area (Å²) in [5.74, 6) is 0. The van der Waals surface area contributed by atoms with Gasteiger partial charge >= 0.3 is 0 Å². The third-order valence-corrected chi connectivity index (χ3v) is 2.28. The van der Waals surface area contributed by atoms with E-state index < -0.39 is 0 Å². The van der Waals surface area contributed by atoms with Gasteiger partial charge in [-0.2, -0.15) is 0 Å². The van der Waals surface area contributed by atoms with Crippen LogP contribution in [0.4, 0.5) is 0 Å². The zero-order chi connectivity index (χ0) is 10.2. The molecule has 15 heavy (non-hydrogen) atoms. The maximum atomic E-state index is 2.16. The molecule has 0 heterocycles. The molecule has 4 radical (unpaired) electrons. The monoisotopic (exact) mass is 210 g/mol. The van der Waals surface area contributed by atoms with E-state index in [0.717, 1.165) is 12.8 Å². The Morgan fingerprint density at radius 1 is 0.733 bits per heavy atom. The van der Waals surface area contributed by atoms with E-state index in [2.05, 4.69) is 63.1 Å². The summed E-state index contributed by atoms with van der Waals surface area (Å²) in [5.41, 5.74) is 2.86. The van der Waals surface area contributed by atoms with Crippen molar-refractivity contribution in [3.05, 3.63) is 60.4 Å². The van der Waals surface area contributed by atoms with Gasteiger partial charge in [-0.1, -0.05) is 61.4 Å². The van der Waals surface area contributed by atoms with Crippen LogP contribution in [0, 0.1) is 12.8 Å². The van der Waals surface area contributed by atoms with E-state index in [9.17, 15) is 0 Å². The third kappa shape index (κ3) is 6.01. The van der Waals surface area contributed by atoms with Crippen LogP contribution in [-0.2, 0) is 0 Å². The topological polar surface area (TPSA) is 0 Å². The molecular formula is C14H18Mg. The summed E-state index contributed by atoms with van der Waals surface area (Å²) >= 11 is 0. The molecule has 0 saturated heterocycles. The second-order valence-electron chi connectivity index (χ2n) is 3.29. The summed E-state index contributed by atoms with van der Waals surface area (Å²) < 4.78 is 0. The Bertz CT molecular complexity index is 250. The maximum Gasteiger partial charge on any atom is 0.00833 e. The highest BCUT2D eigenvalue weighted by molar-refractivity contribution is 5.75. The van der Waals surface area contributed by atoms with Crippen molar-refractivity contribution in [2.75, 3.05) is 0 Å². The summed E-state index contributed by atoms with van der Waals surface area (Å²) in [6, 6.07) is 0. The first kappa shape index (κ1) is 14.7. The highest BCUT2D eigenvalue weighted by Crippen LogP contribution is 2.11. The zero-order valence-electron chi connectivity index (χ0n) is 9.74. The molecule has 2 aliphatic rings. The van der Waals surface area contributed by atoms with E-state index in [1.807, 2.05) is 0 Å². The van der Waals surface area contributed by atoms with Gasteiger partial charge in [0.1, 0.15) is 0 Å². The van der Waals surface area contributed by atoms with Gasteiger partial charge in [0.05, 0.1) is 0 Å². The Hall–Kier alpha value is -0.274. The van der Waals surface area contributed by atoms with Crippen LogP contribution in [0.15, 0.2) is 47.6 Å². The lowest BCUT2D eigenvalue weighted by molar-refractivity contribution is 1.14. The molecule has 1 heteroatoms. The maximum absolute atomic E-state index is 2.16. The first-order chi connectivity index (χ1) is 6.86. The molecule has 0 aromatic carbocycles. The van der Waals surface area contributed by atoms with Crippen molar-refractivity contribution < 1.29 is 0 Å². The number of allylic oxidation sites excluding steroid dienone is 8. The van der Waals surface area contributed by atoms with Crippen molar-refractivity contribution in [1.82, 2.24) is 0 Å². The summed E-state index contributed by atoms with van der Waals surface area (Å²) in [7, 11) is 0. The molecule has 0 atom stereocenters. The Morgan fingerprint density at radius 3 is 1.27 bits per heavy atom. The van der Waals surface area contributed by atoms with Crippen molar-refractivity contribution in [3.8, 4) is 0 Å². The van der Waals surface area contributed by atoms with Crippen molar-refractivity contribution in [2.24, 2.45) is 0 Å².